The minimum atomic E-state index is -3.09. The minimum Gasteiger partial charge on any atom is -0.497 e. The Hall–Kier alpha value is -4.79. The number of aromatic nitrogens is 1. The lowest BCUT2D eigenvalue weighted by Crippen LogP contribution is -2.46. The predicted octanol–water partition coefficient (Wildman–Crippen LogP) is 3.79. The van der Waals surface area contributed by atoms with Crippen LogP contribution in [0.4, 0.5) is 33.6 Å². The van der Waals surface area contributed by atoms with Crippen LogP contribution in [-0.4, -0.2) is 68.3 Å². The Morgan fingerprint density at radius 2 is 1.66 bits per heavy atom. The van der Waals surface area contributed by atoms with E-state index in [1.54, 1.807) is 6.92 Å². The number of alkyl halides is 2. The van der Waals surface area contributed by atoms with Crippen molar-refractivity contribution in [3.8, 4) is 11.5 Å². The Morgan fingerprint density at radius 1 is 0.977 bits per heavy atom. The number of morpholine rings is 1. The van der Waals surface area contributed by atoms with Gasteiger partial charge in [0, 0.05) is 35.7 Å². The molecule has 0 bridgehead atoms. The smallest absolute Gasteiger partial charge is 0.387 e. The molecule has 2 aliphatic heterocycles. The molecule has 2 aliphatic rings. The Morgan fingerprint density at radius 3 is 2.30 bits per heavy atom. The lowest BCUT2D eigenvalue weighted by atomic mass is 9.92. The third-order valence-corrected chi connectivity index (χ3v) is 7.18. The van der Waals surface area contributed by atoms with Gasteiger partial charge in [-0.1, -0.05) is 0 Å². The number of methoxy groups -OCH3 is 1. The summed E-state index contributed by atoms with van der Waals surface area (Å²) in [5, 5.41) is 2.43. The molecule has 3 aromatic rings. The molecule has 1 N–H and O–H groups in total. The van der Waals surface area contributed by atoms with Crippen LogP contribution in [0, 0.1) is 17.5 Å². The van der Waals surface area contributed by atoms with E-state index in [0.29, 0.717) is 0 Å². The van der Waals surface area contributed by atoms with Crippen LogP contribution < -0.4 is 24.6 Å². The molecule has 15 heteroatoms. The molecule has 2 unspecified atom stereocenters. The second-order valence-corrected chi connectivity index (χ2v) is 10.0. The van der Waals surface area contributed by atoms with Gasteiger partial charge in [-0.25, -0.2) is 18.2 Å². The molecule has 3 atom stereocenters. The highest BCUT2D eigenvalue weighted by molar-refractivity contribution is 6.05. The van der Waals surface area contributed by atoms with Gasteiger partial charge in [0.15, 0.2) is 11.6 Å². The third kappa shape index (κ3) is 6.13. The molecule has 232 valence electrons. The molecular formula is C29H25F5N4O6. The normalized spacial score (nSPS) is 20.3. The molecule has 0 saturated carbocycles. The van der Waals surface area contributed by atoms with E-state index in [2.05, 4.69) is 15.0 Å². The summed E-state index contributed by atoms with van der Waals surface area (Å²) < 4.78 is 85.3. The van der Waals surface area contributed by atoms with Gasteiger partial charge in [0.25, 0.3) is 17.7 Å². The number of pyridine rings is 1. The van der Waals surface area contributed by atoms with E-state index < -0.39 is 71.7 Å². The first kappa shape index (κ1) is 30.7. The number of benzene rings is 2. The molecule has 0 spiro atoms. The summed E-state index contributed by atoms with van der Waals surface area (Å²) in [6, 6.07) is 6.93. The van der Waals surface area contributed by atoms with Gasteiger partial charge in [-0.3, -0.25) is 24.2 Å². The number of carbonyl (C=O) groups excluding carboxylic acids is 3. The number of rotatable bonds is 8. The number of nitrogens with zero attached hydrogens (tertiary/aromatic N) is 3. The van der Waals surface area contributed by atoms with Crippen molar-refractivity contribution < 1.29 is 50.5 Å². The van der Waals surface area contributed by atoms with Crippen LogP contribution in [0.15, 0.2) is 48.5 Å². The first-order chi connectivity index (χ1) is 21.0. The van der Waals surface area contributed by atoms with Crippen LogP contribution in [-0.2, 0) is 14.3 Å². The van der Waals surface area contributed by atoms with Gasteiger partial charge in [-0.15, -0.1) is 0 Å². The second kappa shape index (κ2) is 12.4. The van der Waals surface area contributed by atoms with E-state index in [1.807, 2.05) is 0 Å². The second-order valence-electron chi connectivity index (χ2n) is 10.0. The third-order valence-electron chi connectivity index (χ3n) is 7.18. The molecule has 0 radical (unpaired) electrons. The van der Waals surface area contributed by atoms with Gasteiger partial charge >= 0.3 is 6.61 Å². The maximum Gasteiger partial charge on any atom is 0.387 e. The summed E-state index contributed by atoms with van der Waals surface area (Å²) >= 11 is 0. The summed E-state index contributed by atoms with van der Waals surface area (Å²) in [5.74, 6) is -7.65. The Bertz CT molecular complexity index is 1570. The minimum absolute atomic E-state index is 0.0197. The van der Waals surface area contributed by atoms with Crippen molar-refractivity contribution >= 4 is 29.4 Å². The van der Waals surface area contributed by atoms with Crippen molar-refractivity contribution in [3.05, 3.63) is 77.1 Å². The monoisotopic (exact) mass is 620 g/mol. The van der Waals surface area contributed by atoms with E-state index in [-0.39, 0.29) is 42.1 Å². The van der Waals surface area contributed by atoms with Crippen LogP contribution in [0.1, 0.15) is 28.8 Å². The number of ether oxygens (including phenoxy) is 3. The highest BCUT2D eigenvalue weighted by Gasteiger charge is 2.46. The van der Waals surface area contributed by atoms with Crippen LogP contribution >= 0.6 is 0 Å². The average Bonchev–Trinajstić information content (AvgIpc) is 3.29. The maximum atomic E-state index is 15.3. The Labute approximate surface area is 247 Å². The number of anilines is 2. The standard InChI is InChI=1S/C29H25F5N4O6/c1-14-11-37(23(39)13-43-14)22-8-7-19(30)26(35-22)38-12-18(24-20(31)9-17(42-2)10-21(24)32)25(28(38)41)36-27(40)15-3-5-16(6-4-15)44-29(33)34/h3-10,14,18,25,29H,11-13H2,1-2H3,(H,36,40)/t14?,18-,25?/m0/s1. The number of amides is 3. The zero-order chi connectivity index (χ0) is 31.7. The van der Waals surface area contributed by atoms with Gasteiger partial charge in [0.1, 0.15) is 41.6 Å². The molecule has 1 aromatic heterocycles. The van der Waals surface area contributed by atoms with Crippen molar-refractivity contribution in [1.29, 1.82) is 0 Å². The molecule has 44 heavy (non-hydrogen) atoms. The molecule has 2 fully saturated rings. The van der Waals surface area contributed by atoms with Gasteiger partial charge in [0.05, 0.1) is 19.8 Å². The highest BCUT2D eigenvalue weighted by Crippen LogP contribution is 2.37. The van der Waals surface area contributed by atoms with Gasteiger partial charge in [-0.05, 0) is 43.3 Å². The number of hydrogen-bond donors (Lipinski definition) is 1. The van der Waals surface area contributed by atoms with Crippen molar-refractivity contribution in [2.75, 3.05) is 36.6 Å². The molecule has 2 saturated heterocycles. The summed E-state index contributed by atoms with van der Waals surface area (Å²) in [4.78, 5) is 45.7. The number of hydrogen-bond acceptors (Lipinski definition) is 7. The Kier molecular flexibility index (Phi) is 8.67. The molecule has 5 rings (SSSR count). The van der Waals surface area contributed by atoms with Crippen molar-refractivity contribution in [2.24, 2.45) is 0 Å². The zero-order valence-corrected chi connectivity index (χ0v) is 23.2. The zero-order valence-electron chi connectivity index (χ0n) is 23.2. The van der Waals surface area contributed by atoms with Gasteiger partial charge in [-0.2, -0.15) is 8.78 Å². The molecule has 3 amide bonds. The van der Waals surface area contributed by atoms with E-state index in [0.717, 1.165) is 47.4 Å². The fourth-order valence-electron chi connectivity index (χ4n) is 5.07. The number of halogens is 5. The maximum absolute atomic E-state index is 15.3. The SMILES string of the molecule is COc1cc(F)c([C@@H]2CN(c3nc(N4CC(C)OCC4=O)ccc3F)C(=O)C2NC(=O)c2ccc(OC(F)F)cc2)c(F)c1. The van der Waals surface area contributed by atoms with Crippen molar-refractivity contribution in [1.82, 2.24) is 10.3 Å². The van der Waals surface area contributed by atoms with Gasteiger partial charge in [0.2, 0.25) is 0 Å². The molecular weight excluding hydrogens is 595 g/mol. The van der Waals surface area contributed by atoms with Crippen LogP contribution in [0.2, 0.25) is 0 Å². The number of carbonyl (C=O) groups is 3. The fourth-order valence-corrected chi connectivity index (χ4v) is 5.07. The van der Waals surface area contributed by atoms with Crippen LogP contribution in [0.5, 0.6) is 11.5 Å². The van der Waals surface area contributed by atoms with Crippen molar-refractivity contribution in [3.63, 3.8) is 0 Å². The predicted molar refractivity (Wildman–Crippen MR) is 144 cm³/mol. The summed E-state index contributed by atoms with van der Waals surface area (Å²) in [6.45, 7) is -2.01. The fraction of sp³-hybridized carbons (Fsp3) is 0.310. The summed E-state index contributed by atoms with van der Waals surface area (Å²) in [6.07, 6.45) is -0.350. The van der Waals surface area contributed by atoms with Crippen LogP contribution in [0.3, 0.4) is 0 Å². The first-order valence-corrected chi connectivity index (χ1v) is 13.2. The first-order valence-electron chi connectivity index (χ1n) is 13.2. The highest BCUT2D eigenvalue weighted by atomic mass is 19.3. The topological polar surface area (TPSA) is 110 Å². The lowest BCUT2D eigenvalue weighted by molar-refractivity contribution is -0.128. The molecule has 2 aromatic carbocycles. The van der Waals surface area contributed by atoms with Crippen molar-refractivity contribution in [2.45, 2.75) is 31.6 Å². The van der Waals surface area contributed by atoms with E-state index in [1.165, 1.54) is 18.1 Å². The molecule has 0 aliphatic carbocycles. The lowest BCUT2D eigenvalue weighted by Gasteiger charge is -2.30. The Balaban J connectivity index is 1.51. The summed E-state index contributed by atoms with van der Waals surface area (Å²) in [7, 11) is 1.21. The van der Waals surface area contributed by atoms with Gasteiger partial charge < -0.3 is 19.5 Å². The average molecular weight is 621 g/mol. The summed E-state index contributed by atoms with van der Waals surface area (Å²) in [5.41, 5.74) is -0.653. The number of nitrogens with one attached hydrogen (secondary N) is 1. The van der Waals surface area contributed by atoms with E-state index in [9.17, 15) is 23.2 Å². The van der Waals surface area contributed by atoms with E-state index >= 15 is 13.2 Å². The molecule has 10 nitrogen and oxygen atoms in total. The largest absolute Gasteiger partial charge is 0.497 e. The van der Waals surface area contributed by atoms with Crippen LogP contribution in [0.25, 0.3) is 0 Å². The molecule has 3 heterocycles. The van der Waals surface area contributed by atoms with E-state index in [4.69, 9.17) is 9.47 Å². The quantitative estimate of drug-likeness (QED) is 0.382.